The number of piperidine rings is 1. The van der Waals surface area contributed by atoms with Crippen molar-refractivity contribution >= 4 is 5.91 Å². The third-order valence-electron chi connectivity index (χ3n) is 6.12. The van der Waals surface area contributed by atoms with E-state index in [1.54, 1.807) is 0 Å². The topological polar surface area (TPSA) is 67.4 Å². The van der Waals surface area contributed by atoms with E-state index in [1.807, 2.05) is 23.2 Å². The minimum absolute atomic E-state index is 0.0268. The lowest BCUT2D eigenvalue weighted by atomic mass is 10.1. The smallest absolute Gasteiger partial charge is 0.276 e. The van der Waals surface area contributed by atoms with Gasteiger partial charge in [0.1, 0.15) is 5.76 Å². The molecule has 0 radical (unpaired) electrons. The van der Waals surface area contributed by atoms with Gasteiger partial charge in [-0.1, -0.05) is 11.6 Å². The van der Waals surface area contributed by atoms with E-state index in [1.165, 1.54) is 32.4 Å². The normalized spacial score (nSPS) is 23.4. The van der Waals surface area contributed by atoms with Gasteiger partial charge in [0.15, 0.2) is 5.69 Å². The molecule has 3 aliphatic rings. The van der Waals surface area contributed by atoms with Gasteiger partial charge in [0.05, 0.1) is 18.3 Å². The van der Waals surface area contributed by atoms with E-state index in [4.69, 9.17) is 4.52 Å². The maximum Gasteiger partial charge on any atom is 0.276 e. The van der Waals surface area contributed by atoms with Gasteiger partial charge in [-0.15, -0.1) is 0 Å². The molecule has 1 amide bonds. The fourth-order valence-corrected chi connectivity index (χ4v) is 4.38. The summed E-state index contributed by atoms with van der Waals surface area (Å²) in [5.74, 6) is 1.31. The molecule has 7 nitrogen and oxygen atoms in total. The molecule has 1 saturated heterocycles. The van der Waals surface area contributed by atoms with Crippen LogP contribution in [-0.4, -0.2) is 56.8 Å². The number of amides is 1. The summed E-state index contributed by atoms with van der Waals surface area (Å²) in [6.45, 7) is 4.74. The van der Waals surface area contributed by atoms with Crippen LogP contribution in [0.5, 0.6) is 0 Å². The molecular weight excluding hydrogens is 342 g/mol. The second kappa shape index (κ2) is 7.11. The molecule has 0 spiro atoms. The van der Waals surface area contributed by atoms with Crippen molar-refractivity contribution < 1.29 is 9.32 Å². The predicted molar refractivity (Wildman–Crippen MR) is 99.4 cm³/mol. The minimum atomic E-state index is -0.0268. The third kappa shape index (κ3) is 3.52. The van der Waals surface area contributed by atoms with Gasteiger partial charge in [0, 0.05) is 31.3 Å². The largest absolute Gasteiger partial charge is 0.360 e. The highest BCUT2D eigenvalue weighted by atomic mass is 16.5. The van der Waals surface area contributed by atoms with Crippen molar-refractivity contribution in [3.05, 3.63) is 35.5 Å². The van der Waals surface area contributed by atoms with Crippen molar-refractivity contribution in [2.45, 2.75) is 57.0 Å². The van der Waals surface area contributed by atoms with Crippen LogP contribution in [0.2, 0.25) is 0 Å². The highest BCUT2D eigenvalue weighted by Crippen LogP contribution is 2.40. The molecule has 7 heteroatoms. The van der Waals surface area contributed by atoms with Crippen LogP contribution in [0.25, 0.3) is 0 Å². The second-order valence-corrected chi connectivity index (χ2v) is 8.19. The molecule has 4 heterocycles. The molecule has 1 saturated carbocycles. The van der Waals surface area contributed by atoms with Gasteiger partial charge in [0.25, 0.3) is 5.91 Å². The average molecular weight is 369 g/mol. The molecule has 2 aromatic rings. The molecule has 0 unspecified atom stereocenters. The maximum atomic E-state index is 13.0. The average Bonchev–Trinajstić information content (AvgIpc) is 3.24. The van der Waals surface area contributed by atoms with Gasteiger partial charge in [-0.3, -0.25) is 9.48 Å². The summed E-state index contributed by atoms with van der Waals surface area (Å²) in [4.78, 5) is 17.5. The van der Waals surface area contributed by atoms with Crippen LogP contribution in [0.4, 0.5) is 0 Å². The Bertz CT molecular complexity index is 803. The van der Waals surface area contributed by atoms with Crippen molar-refractivity contribution in [1.82, 2.24) is 24.7 Å². The van der Waals surface area contributed by atoms with Crippen molar-refractivity contribution in [2.24, 2.45) is 0 Å². The maximum absolute atomic E-state index is 13.0. The van der Waals surface area contributed by atoms with Crippen molar-refractivity contribution in [3.63, 3.8) is 0 Å². The standard InChI is InChI=1S/C20H27N5O2/c26-20(18-12-19(27-22-18)15-4-5-15)24-13-16-6-8-21-25(16)17(14-24)7-11-23-9-2-1-3-10-23/h6,8,12,15,17H,1-5,7,9-11,13-14H2/t17-/m0/s1. The zero-order chi connectivity index (χ0) is 18.2. The monoisotopic (exact) mass is 369 g/mol. The lowest BCUT2D eigenvalue weighted by Gasteiger charge is -2.35. The number of carbonyl (C=O) groups is 1. The molecule has 0 bridgehead atoms. The SMILES string of the molecule is O=C(c1cc(C2CC2)on1)N1Cc2ccnn2[C@@H](CCN2CCCCC2)C1. The van der Waals surface area contributed by atoms with E-state index < -0.39 is 0 Å². The molecule has 0 N–H and O–H groups in total. The predicted octanol–water partition coefficient (Wildman–Crippen LogP) is 2.82. The molecule has 144 valence electrons. The highest BCUT2D eigenvalue weighted by Gasteiger charge is 2.33. The quantitative estimate of drug-likeness (QED) is 0.811. The summed E-state index contributed by atoms with van der Waals surface area (Å²) in [6, 6.07) is 4.09. The summed E-state index contributed by atoms with van der Waals surface area (Å²) < 4.78 is 7.50. The van der Waals surface area contributed by atoms with Gasteiger partial charge in [-0.05, 0) is 51.3 Å². The van der Waals surface area contributed by atoms with Crippen LogP contribution in [0.3, 0.4) is 0 Å². The van der Waals surface area contributed by atoms with Crippen molar-refractivity contribution in [1.29, 1.82) is 0 Å². The Hall–Kier alpha value is -2.15. The van der Waals surface area contributed by atoms with E-state index >= 15 is 0 Å². The first-order chi connectivity index (χ1) is 13.3. The fourth-order valence-electron chi connectivity index (χ4n) is 4.38. The minimum Gasteiger partial charge on any atom is -0.360 e. The van der Waals surface area contributed by atoms with E-state index in [-0.39, 0.29) is 11.9 Å². The Morgan fingerprint density at radius 2 is 2.07 bits per heavy atom. The summed E-state index contributed by atoms with van der Waals surface area (Å²) in [6.07, 6.45) is 9.11. The summed E-state index contributed by atoms with van der Waals surface area (Å²) >= 11 is 0. The van der Waals surface area contributed by atoms with Crippen LogP contribution < -0.4 is 0 Å². The second-order valence-electron chi connectivity index (χ2n) is 8.19. The van der Waals surface area contributed by atoms with Crippen LogP contribution in [0.15, 0.2) is 22.9 Å². The van der Waals surface area contributed by atoms with Gasteiger partial charge in [0.2, 0.25) is 0 Å². The lowest BCUT2D eigenvalue weighted by molar-refractivity contribution is 0.0644. The Morgan fingerprint density at radius 3 is 2.89 bits per heavy atom. The number of nitrogens with zero attached hydrogens (tertiary/aromatic N) is 5. The van der Waals surface area contributed by atoms with Gasteiger partial charge < -0.3 is 14.3 Å². The zero-order valence-corrected chi connectivity index (χ0v) is 15.7. The number of hydrogen-bond donors (Lipinski definition) is 0. The first kappa shape index (κ1) is 17.0. The van der Waals surface area contributed by atoms with E-state index in [0.717, 1.165) is 37.3 Å². The Labute approximate surface area is 159 Å². The molecule has 2 fully saturated rings. The van der Waals surface area contributed by atoms with Crippen LogP contribution in [-0.2, 0) is 6.54 Å². The first-order valence-electron chi connectivity index (χ1n) is 10.3. The molecule has 0 aromatic carbocycles. The van der Waals surface area contributed by atoms with Gasteiger partial charge in [-0.25, -0.2) is 0 Å². The first-order valence-corrected chi connectivity index (χ1v) is 10.3. The number of hydrogen-bond acceptors (Lipinski definition) is 5. The molecule has 2 aliphatic heterocycles. The summed E-state index contributed by atoms with van der Waals surface area (Å²) in [5, 5.41) is 8.57. The Balaban J connectivity index is 1.28. The van der Waals surface area contributed by atoms with Crippen LogP contribution >= 0.6 is 0 Å². The van der Waals surface area contributed by atoms with E-state index in [9.17, 15) is 4.79 Å². The van der Waals surface area contributed by atoms with Gasteiger partial charge >= 0.3 is 0 Å². The third-order valence-corrected chi connectivity index (χ3v) is 6.12. The number of rotatable bonds is 5. The summed E-state index contributed by atoms with van der Waals surface area (Å²) in [7, 11) is 0. The molecular formula is C20H27N5O2. The molecule has 5 rings (SSSR count). The van der Waals surface area contributed by atoms with Crippen molar-refractivity contribution in [3.8, 4) is 0 Å². The lowest BCUT2D eigenvalue weighted by Crippen LogP contribution is -2.42. The van der Waals surface area contributed by atoms with Crippen molar-refractivity contribution in [2.75, 3.05) is 26.2 Å². The van der Waals surface area contributed by atoms with E-state index in [2.05, 4.69) is 19.8 Å². The Kier molecular flexibility index (Phi) is 4.47. The zero-order valence-electron chi connectivity index (χ0n) is 15.7. The number of carbonyl (C=O) groups excluding carboxylic acids is 1. The molecule has 1 aliphatic carbocycles. The molecule has 27 heavy (non-hydrogen) atoms. The van der Waals surface area contributed by atoms with Crippen LogP contribution in [0, 0.1) is 0 Å². The molecule has 1 atom stereocenters. The number of fused-ring (bicyclic) bond motifs is 1. The van der Waals surface area contributed by atoms with Gasteiger partial charge in [-0.2, -0.15) is 5.10 Å². The van der Waals surface area contributed by atoms with E-state index in [0.29, 0.717) is 24.7 Å². The number of likely N-dealkylation sites (tertiary alicyclic amines) is 1. The number of aromatic nitrogens is 3. The van der Waals surface area contributed by atoms with Crippen LogP contribution in [0.1, 0.15) is 72.4 Å². The highest BCUT2D eigenvalue weighted by molar-refractivity contribution is 5.92. The molecule has 2 aromatic heterocycles. The summed E-state index contributed by atoms with van der Waals surface area (Å²) in [5.41, 5.74) is 1.55. The fraction of sp³-hybridized carbons (Fsp3) is 0.650. The Morgan fingerprint density at radius 1 is 1.22 bits per heavy atom.